The van der Waals surface area contributed by atoms with Gasteiger partial charge in [0.25, 0.3) is 0 Å². The fraction of sp³-hybridized carbons (Fsp3) is 0.667. The summed E-state index contributed by atoms with van der Waals surface area (Å²) < 4.78 is 12.4. The second kappa shape index (κ2) is 2.82. The van der Waals surface area contributed by atoms with Gasteiger partial charge in [-0.15, -0.1) is 0 Å². The Morgan fingerprint density at radius 2 is 1.88 bits per heavy atom. The molecule has 0 aromatic carbocycles. The first-order valence-corrected chi connectivity index (χ1v) is 2.64. The lowest BCUT2D eigenvalue weighted by molar-refractivity contribution is 0.549. The van der Waals surface area contributed by atoms with E-state index in [1.165, 1.54) is 0 Å². The Kier molecular flexibility index (Phi) is 2.69. The maximum atomic E-state index is 12.4. The first-order valence-electron chi connectivity index (χ1n) is 2.64. The lowest BCUT2D eigenvalue weighted by atomic mass is 10.2. The van der Waals surface area contributed by atoms with Crippen LogP contribution < -0.4 is 5.73 Å². The molecule has 48 valence electrons. The number of allylic oxidation sites excluding steroid dienone is 1. The molecule has 0 aliphatic heterocycles. The van der Waals surface area contributed by atoms with Crippen molar-refractivity contribution in [1.29, 1.82) is 0 Å². The monoisotopic (exact) mass is 117 g/mol. The fourth-order valence-corrected chi connectivity index (χ4v) is 0.455. The lowest BCUT2D eigenvalue weighted by Crippen LogP contribution is -2.15. The third-order valence-corrected chi connectivity index (χ3v) is 0.877. The largest absolute Gasteiger partial charge is 0.322 e. The third-order valence-electron chi connectivity index (χ3n) is 0.877. The Morgan fingerprint density at radius 3 is 1.88 bits per heavy atom. The van der Waals surface area contributed by atoms with Crippen LogP contribution in [0.5, 0.6) is 0 Å². The van der Waals surface area contributed by atoms with Gasteiger partial charge in [0.05, 0.1) is 6.04 Å². The van der Waals surface area contributed by atoms with Gasteiger partial charge >= 0.3 is 0 Å². The molecule has 0 fully saturated rings. The maximum absolute atomic E-state index is 12.4. The van der Waals surface area contributed by atoms with E-state index in [-0.39, 0.29) is 5.83 Å². The number of hydrogen-bond acceptors (Lipinski definition) is 1. The summed E-state index contributed by atoms with van der Waals surface area (Å²) in [6, 6.07) is -0.444. The predicted molar refractivity (Wildman–Crippen MR) is 33.1 cm³/mol. The highest BCUT2D eigenvalue weighted by molar-refractivity contribution is 5.06. The quantitative estimate of drug-likeness (QED) is 0.554. The van der Waals surface area contributed by atoms with E-state index in [0.717, 1.165) is 0 Å². The molecule has 0 bridgehead atoms. The van der Waals surface area contributed by atoms with Gasteiger partial charge in [0.2, 0.25) is 0 Å². The molecule has 0 aliphatic carbocycles. The molecule has 0 aliphatic rings. The Labute approximate surface area is 49.4 Å². The molecule has 0 unspecified atom stereocenters. The molecule has 0 heterocycles. The number of rotatable bonds is 1. The lowest BCUT2D eigenvalue weighted by Gasteiger charge is -2.01. The van der Waals surface area contributed by atoms with Crippen LogP contribution in [-0.2, 0) is 0 Å². The molecule has 0 aromatic heterocycles. The van der Waals surface area contributed by atoms with E-state index >= 15 is 0 Å². The van der Waals surface area contributed by atoms with Gasteiger partial charge in [-0.1, -0.05) is 0 Å². The Bertz CT molecular complexity index is 101. The molecule has 0 spiro atoms. The zero-order valence-corrected chi connectivity index (χ0v) is 5.53. The first-order chi connectivity index (χ1) is 3.55. The minimum absolute atomic E-state index is 0.204. The van der Waals surface area contributed by atoms with E-state index in [0.29, 0.717) is 5.57 Å². The van der Waals surface area contributed by atoms with E-state index in [9.17, 15) is 4.39 Å². The minimum Gasteiger partial charge on any atom is -0.322 e. The molecular formula is C6H12FN. The summed E-state index contributed by atoms with van der Waals surface area (Å²) in [7, 11) is 0. The fourth-order valence-electron chi connectivity index (χ4n) is 0.455. The Hall–Kier alpha value is -0.370. The van der Waals surface area contributed by atoms with Crippen molar-refractivity contribution >= 4 is 0 Å². The topological polar surface area (TPSA) is 26.0 Å². The van der Waals surface area contributed by atoms with Crippen molar-refractivity contribution in [2.75, 3.05) is 0 Å². The van der Waals surface area contributed by atoms with E-state index < -0.39 is 6.04 Å². The highest BCUT2D eigenvalue weighted by atomic mass is 19.1. The molecule has 8 heavy (non-hydrogen) atoms. The number of nitrogens with two attached hydrogens (primary N) is 1. The molecular weight excluding hydrogens is 105 g/mol. The van der Waals surface area contributed by atoms with E-state index in [1.807, 2.05) is 0 Å². The van der Waals surface area contributed by atoms with Crippen molar-refractivity contribution in [3.05, 3.63) is 11.4 Å². The van der Waals surface area contributed by atoms with Crippen molar-refractivity contribution in [2.45, 2.75) is 26.8 Å². The summed E-state index contributed by atoms with van der Waals surface area (Å²) in [5.41, 5.74) is 5.87. The second-order valence-electron chi connectivity index (χ2n) is 2.14. The van der Waals surface area contributed by atoms with Crippen LogP contribution in [0.1, 0.15) is 20.8 Å². The molecule has 0 saturated heterocycles. The van der Waals surface area contributed by atoms with Crippen molar-refractivity contribution in [1.82, 2.24) is 0 Å². The maximum Gasteiger partial charge on any atom is 0.115 e. The summed E-state index contributed by atoms with van der Waals surface area (Å²) in [5, 5.41) is 0. The molecule has 0 amide bonds. The van der Waals surface area contributed by atoms with Gasteiger partial charge in [-0.05, 0) is 26.3 Å². The average molecular weight is 117 g/mol. The smallest absolute Gasteiger partial charge is 0.115 e. The van der Waals surface area contributed by atoms with E-state index in [4.69, 9.17) is 5.73 Å². The minimum atomic E-state index is -0.444. The summed E-state index contributed by atoms with van der Waals surface area (Å²) in [4.78, 5) is 0. The zero-order chi connectivity index (χ0) is 6.73. The van der Waals surface area contributed by atoms with Crippen LogP contribution in [0.3, 0.4) is 0 Å². The van der Waals surface area contributed by atoms with Crippen molar-refractivity contribution in [2.24, 2.45) is 5.73 Å². The van der Waals surface area contributed by atoms with Crippen LogP contribution >= 0.6 is 0 Å². The van der Waals surface area contributed by atoms with Gasteiger partial charge in [-0.25, -0.2) is 4.39 Å². The van der Waals surface area contributed by atoms with E-state index in [2.05, 4.69) is 0 Å². The summed E-state index contributed by atoms with van der Waals surface area (Å²) in [6.45, 7) is 5.04. The Balaban J connectivity index is 4.00. The van der Waals surface area contributed by atoms with Gasteiger partial charge in [-0.3, -0.25) is 0 Å². The van der Waals surface area contributed by atoms with Crippen LogP contribution in [-0.4, -0.2) is 6.04 Å². The van der Waals surface area contributed by atoms with Gasteiger partial charge in [-0.2, -0.15) is 0 Å². The van der Waals surface area contributed by atoms with Crippen molar-refractivity contribution < 1.29 is 4.39 Å². The second-order valence-corrected chi connectivity index (χ2v) is 2.14. The van der Waals surface area contributed by atoms with Crippen LogP contribution in [0.4, 0.5) is 4.39 Å². The number of halogens is 1. The summed E-state index contributed by atoms with van der Waals surface area (Å²) in [5.74, 6) is -0.204. The standard InChI is InChI=1S/C6H12FN/c1-4(2)6(7)5(3)8/h5H,8H2,1-3H3/t5-/m0/s1. The zero-order valence-electron chi connectivity index (χ0n) is 5.53. The van der Waals surface area contributed by atoms with Crippen LogP contribution in [0.2, 0.25) is 0 Å². The molecule has 0 saturated carbocycles. The van der Waals surface area contributed by atoms with Gasteiger partial charge in [0.15, 0.2) is 0 Å². The van der Waals surface area contributed by atoms with Gasteiger partial charge in [0.1, 0.15) is 5.83 Å². The van der Waals surface area contributed by atoms with Crippen molar-refractivity contribution in [3.63, 3.8) is 0 Å². The Morgan fingerprint density at radius 1 is 1.50 bits per heavy atom. The molecule has 0 radical (unpaired) electrons. The third kappa shape index (κ3) is 2.07. The molecule has 1 nitrogen and oxygen atoms in total. The van der Waals surface area contributed by atoms with Gasteiger partial charge in [0, 0.05) is 0 Å². The number of hydrogen-bond donors (Lipinski definition) is 1. The molecule has 0 aromatic rings. The van der Waals surface area contributed by atoms with Crippen LogP contribution in [0.15, 0.2) is 11.4 Å². The summed E-state index contributed by atoms with van der Waals surface area (Å²) >= 11 is 0. The molecule has 0 rings (SSSR count). The highest BCUT2D eigenvalue weighted by Crippen LogP contribution is 2.06. The van der Waals surface area contributed by atoms with E-state index in [1.54, 1.807) is 20.8 Å². The van der Waals surface area contributed by atoms with Crippen molar-refractivity contribution in [3.8, 4) is 0 Å². The predicted octanol–water partition coefficient (Wildman–Crippen LogP) is 1.60. The van der Waals surface area contributed by atoms with Crippen LogP contribution in [0.25, 0.3) is 0 Å². The average Bonchev–Trinajstić information content (AvgIpc) is 1.64. The normalized spacial score (nSPS) is 13.1. The van der Waals surface area contributed by atoms with Crippen LogP contribution in [0, 0.1) is 0 Å². The molecule has 2 heteroatoms. The first kappa shape index (κ1) is 7.63. The SMILES string of the molecule is CC(C)=C(F)[C@H](C)N. The summed E-state index contributed by atoms with van der Waals surface area (Å²) in [6.07, 6.45) is 0. The highest BCUT2D eigenvalue weighted by Gasteiger charge is 2.01. The molecule has 1 atom stereocenters. The van der Waals surface area contributed by atoms with Gasteiger partial charge < -0.3 is 5.73 Å². The molecule has 2 N–H and O–H groups in total.